The maximum atomic E-state index is 7.03. The number of hydrogen-bond donors (Lipinski definition) is 3. The van der Waals surface area contributed by atoms with Crippen molar-refractivity contribution < 1.29 is 0 Å². The topological polar surface area (TPSA) is 74.3 Å². The first-order valence-electron chi connectivity index (χ1n) is 5.57. The van der Waals surface area contributed by atoms with Gasteiger partial charge in [-0.3, -0.25) is 0 Å². The van der Waals surface area contributed by atoms with Crippen LogP contribution >= 0.6 is 0 Å². The van der Waals surface area contributed by atoms with Crippen LogP contribution in [0.1, 0.15) is 18.9 Å². The third-order valence-electron chi connectivity index (χ3n) is 2.27. The molecule has 4 nitrogen and oxygen atoms in total. The zero-order valence-electron chi connectivity index (χ0n) is 9.98. The lowest BCUT2D eigenvalue weighted by Gasteiger charge is -2.02. The van der Waals surface area contributed by atoms with Crippen LogP contribution < -0.4 is 11.1 Å². The van der Waals surface area contributed by atoms with Gasteiger partial charge in [-0.1, -0.05) is 37.3 Å². The molecule has 0 amide bonds. The largest absolute Gasteiger partial charge is 0.402 e. The van der Waals surface area contributed by atoms with E-state index < -0.39 is 0 Å². The lowest BCUT2D eigenvalue weighted by Crippen LogP contribution is -2.05. The van der Waals surface area contributed by atoms with Crippen molar-refractivity contribution in [2.75, 3.05) is 0 Å². The molecule has 1 aromatic rings. The highest BCUT2D eigenvalue weighted by Crippen LogP contribution is 2.03. The summed E-state index contributed by atoms with van der Waals surface area (Å²) in [5.41, 5.74) is 15.1. The second kappa shape index (κ2) is 7.22. The molecular weight excluding hydrogens is 212 g/mol. The van der Waals surface area contributed by atoms with Gasteiger partial charge in [-0.05, 0) is 18.1 Å². The summed E-state index contributed by atoms with van der Waals surface area (Å²) in [6.45, 7) is 2.67. The third kappa shape index (κ3) is 4.97. The first-order valence-corrected chi connectivity index (χ1v) is 5.57. The van der Waals surface area contributed by atoms with Crippen molar-refractivity contribution in [1.29, 1.82) is 5.53 Å². The Kier molecular flexibility index (Phi) is 5.51. The summed E-state index contributed by atoms with van der Waals surface area (Å²) in [5.74, 6) is 0. The molecule has 0 fully saturated rings. The molecule has 0 saturated carbocycles. The van der Waals surface area contributed by atoms with E-state index >= 15 is 0 Å². The summed E-state index contributed by atoms with van der Waals surface area (Å²) in [5, 5.41) is 6.51. The molecule has 0 aliphatic heterocycles. The van der Waals surface area contributed by atoms with E-state index in [0.29, 0.717) is 17.9 Å². The number of nitrogens with zero attached hydrogens (tertiary/aromatic N) is 1. The van der Waals surface area contributed by atoms with Crippen molar-refractivity contribution in [3.63, 3.8) is 0 Å². The summed E-state index contributed by atoms with van der Waals surface area (Å²) in [4.78, 5) is 0. The molecule has 0 saturated heterocycles. The van der Waals surface area contributed by atoms with Gasteiger partial charge in [-0.15, -0.1) is 0 Å². The molecule has 1 rings (SSSR count). The van der Waals surface area contributed by atoms with Crippen molar-refractivity contribution in [2.24, 2.45) is 10.8 Å². The van der Waals surface area contributed by atoms with E-state index in [1.54, 1.807) is 12.3 Å². The molecule has 4 heteroatoms. The molecule has 0 aliphatic carbocycles. The predicted octanol–water partition coefficient (Wildman–Crippen LogP) is 2.90. The Morgan fingerprint density at radius 2 is 2.12 bits per heavy atom. The van der Waals surface area contributed by atoms with Gasteiger partial charge in [0.1, 0.15) is 5.70 Å². The number of nitrogens with one attached hydrogen (secondary N) is 2. The highest BCUT2D eigenvalue weighted by Gasteiger charge is 1.92. The van der Waals surface area contributed by atoms with Gasteiger partial charge in [-0.25, -0.2) is 5.53 Å². The van der Waals surface area contributed by atoms with E-state index in [0.717, 1.165) is 6.42 Å². The minimum absolute atomic E-state index is 0.528. The molecule has 0 atom stereocenters. The first-order chi connectivity index (χ1) is 8.26. The van der Waals surface area contributed by atoms with Gasteiger partial charge in [0.05, 0.1) is 0 Å². The molecule has 0 radical (unpaired) electrons. The highest BCUT2D eigenvalue weighted by molar-refractivity contribution is 5.20. The number of allylic oxidation sites excluding steroid dienone is 2. The summed E-state index contributed by atoms with van der Waals surface area (Å²) >= 11 is 0. The average Bonchev–Trinajstić information content (AvgIpc) is 2.38. The van der Waals surface area contributed by atoms with E-state index in [1.807, 2.05) is 37.3 Å². The number of rotatable bonds is 6. The Bertz CT molecular complexity index is 407. The Labute approximate surface area is 102 Å². The second-order valence-electron chi connectivity index (χ2n) is 3.62. The van der Waals surface area contributed by atoms with Crippen LogP contribution in [0, 0.1) is 5.53 Å². The van der Waals surface area contributed by atoms with Crippen LogP contribution in [0.2, 0.25) is 0 Å². The standard InChI is InChI=1S/C13H18N4/c1-2-12(14)8-13(17-15)10-16-9-11-6-4-3-5-7-11/h3-8,10,15-16H,2,9,14H2,1H3/b12-8+,13-10-,17-15?. The summed E-state index contributed by atoms with van der Waals surface area (Å²) in [7, 11) is 0. The number of nitrogens with two attached hydrogens (primary N) is 1. The van der Waals surface area contributed by atoms with Gasteiger partial charge < -0.3 is 11.1 Å². The lowest BCUT2D eigenvalue weighted by atomic mass is 10.2. The van der Waals surface area contributed by atoms with Crippen LogP contribution in [-0.2, 0) is 6.54 Å². The zero-order valence-corrected chi connectivity index (χ0v) is 9.98. The van der Waals surface area contributed by atoms with Gasteiger partial charge in [0.15, 0.2) is 0 Å². The van der Waals surface area contributed by atoms with Gasteiger partial charge in [0, 0.05) is 18.4 Å². The fraction of sp³-hybridized carbons (Fsp3) is 0.231. The van der Waals surface area contributed by atoms with E-state index in [1.165, 1.54) is 5.56 Å². The highest BCUT2D eigenvalue weighted by atomic mass is 15.0. The second-order valence-corrected chi connectivity index (χ2v) is 3.62. The van der Waals surface area contributed by atoms with Crippen molar-refractivity contribution in [1.82, 2.24) is 5.32 Å². The summed E-state index contributed by atoms with van der Waals surface area (Å²) in [6, 6.07) is 10.0. The summed E-state index contributed by atoms with van der Waals surface area (Å²) < 4.78 is 0. The maximum absolute atomic E-state index is 7.03. The van der Waals surface area contributed by atoms with E-state index in [2.05, 4.69) is 10.4 Å². The monoisotopic (exact) mass is 230 g/mol. The van der Waals surface area contributed by atoms with Crippen LogP contribution in [-0.4, -0.2) is 0 Å². The molecule has 90 valence electrons. The number of hydrogen-bond acceptors (Lipinski definition) is 4. The lowest BCUT2D eigenvalue weighted by molar-refractivity contribution is 0.854. The van der Waals surface area contributed by atoms with E-state index in [9.17, 15) is 0 Å². The number of benzene rings is 1. The molecule has 0 heterocycles. The quantitative estimate of drug-likeness (QED) is 0.519. The predicted molar refractivity (Wildman–Crippen MR) is 69.1 cm³/mol. The van der Waals surface area contributed by atoms with Crippen molar-refractivity contribution >= 4 is 0 Å². The molecular formula is C13H18N4. The Hall–Kier alpha value is -2.10. The molecule has 0 aliphatic rings. The molecule has 17 heavy (non-hydrogen) atoms. The molecule has 0 unspecified atom stereocenters. The SMILES string of the molecule is CC/C(N)=C\C(=C\NCc1ccccc1)N=N. The zero-order chi connectivity index (χ0) is 12.5. The van der Waals surface area contributed by atoms with E-state index in [4.69, 9.17) is 11.3 Å². The molecule has 0 aromatic heterocycles. The van der Waals surface area contributed by atoms with E-state index in [-0.39, 0.29) is 0 Å². The minimum atomic E-state index is 0.528. The average molecular weight is 230 g/mol. The minimum Gasteiger partial charge on any atom is -0.402 e. The Morgan fingerprint density at radius 3 is 2.71 bits per heavy atom. The third-order valence-corrected chi connectivity index (χ3v) is 2.27. The fourth-order valence-corrected chi connectivity index (χ4v) is 1.27. The van der Waals surface area contributed by atoms with Crippen molar-refractivity contribution in [3.8, 4) is 0 Å². The molecule has 4 N–H and O–H groups in total. The Morgan fingerprint density at radius 1 is 1.41 bits per heavy atom. The molecule has 0 bridgehead atoms. The normalized spacial score (nSPS) is 12.3. The van der Waals surface area contributed by atoms with Gasteiger partial charge in [-0.2, -0.15) is 5.11 Å². The molecule has 1 aromatic carbocycles. The fourth-order valence-electron chi connectivity index (χ4n) is 1.27. The van der Waals surface area contributed by atoms with Crippen LogP contribution in [0.15, 0.2) is 59.1 Å². The maximum Gasteiger partial charge on any atom is 0.102 e. The Balaban J connectivity index is 2.54. The van der Waals surface area contributed by atoms with Gasteiger partial charge in [0.25, 0.3) is 0 Å². The van der Waals surface area contributed by atoms with Gasteiger partial charge in [0.2, 0.25) is 0 Å². The first kappa shape index (κ1) is 13.0. The molecule has 0 spiro atoms. The van der Waals surface area contributed by atoms with Crippen LogP contribution in [0.3, 0.4) is 0 Å². The van der Waals surface area contributed by atoms with Crippen LogP contribution in [0.5, 0.6) is 0 Å². The van der Waals surface area contributed by atoms with Crippen molar-refractivity contribution in [2.45, 2.75) is 19.9 Å². The summed E-state index contributed by atoms with van der Waals surface area (Å²) in [6.07, 6.45) is 4.15. The van der Waals surface area contributed by atoms with Gasteiger partial charge >= 0.3 is 0 Å². The van der Waals surface area contributed by atoms with Crippen molar-refractivity contribution in [3.05, 3.63) is 59.6 Å². The smallest absolute Gasteiger partial charge is 0.102 e. The van der Waals surface area contributed by atoms with Crippen LogP contribution in [0.25, 0.3) is 0 Å². The van der Waals surface area contributed by atoms with Crippen LogP contribution in [0.4, 0.5) is 0 Å².